The number of aryl methyl sites for hydroxylation is 2. The lowest BCUT2D eigenvalue weighted by atomic mass is 9.82. The molecule has 3 aromatic carbocycles. The quantitative estimate of drug-likeness (QED) is 0.154. The SMILES string of the molecule is C=C(/C=C\C)/C=C\c1cc(C2=CC(c3cc(/C4=C/CCc5ccccc5-c5cccc4c5)cc(C(C)/C=C\C4=C5\C(=CC=CC5C)C/C=C\C=C/C4)c3)=CC=CC2)cnc1C. The van der Waals surface area contributed by atoms with E-state index in [1.54, 1.807) is 0 Å². The number of pyridine rings is 1. The van der Waals surface area contributed by atoms with Gasteiger partial charge in [-0.1, -0.05) is 184 Å². The zero-order valence-corrected chi connectivity index (χ0v) is 36.2. The minimum absolute atomic E-state index is 0.175. The monoisotopic (exact) mass is 791 g/mol. The predicted octanol–water partition coefficient (Wildman–Crippen LogP) is 16.0. The third-order valence-electron chi connectivity index (χ3n) is 12.3. The lowest BCUT2D eigenvalue weighted by Gasteiger charge is -2.22. The van der Waals surface area contributed by atoms with Crippen LogP contribution >= 0.6 is 0 Å². The van der Waals surface area contributed by atoms with Gasteiger partial charge in [0.05, 0.1) is 0 Å². The summed E-state index contributed by atoms with van der Waals surface area (Å²) in [5.74, 6) is 0.556. The van der Waals surface area contributed by atoms with Crippen molar-refractivity contribution in [2.24, 2.45) is 5.92 Å². The van der Waals surface area contributed by atoms with Crippen LogP contribution in [0.25, 0.3) is 33.9 Å². The first kappa shape index (κ1) is 41.2. The Hall–Kier alpha value is -6.57. The van der Waals surface area contributed by atoms with Crippen molar-refractivity contribution in [1.29, 1.82) is 0 Å². The van der Waals surface area contributed by atoms with E-state index in [2.05, 4.69) is 197 Å². The van der Waals surface area contributed by atoms with E-state index in [0.717, 1.165) is 54.5 Å². The summed E-state index contributed by atoms with van der Waals surface area (Å²) in [4.78, 5) is 4.86. The van der Waals surface area contributed by atoms with Crippen molar-refractivity contribution in [2.75, 3.05) is 0 Å². The molecule has 8 rings (SSSR count). The maximum absolute atomic E-state index is 4.86. The fourth-order valence-corrected chi connectivity index (χ4v) is 8.97. The number of hydrogen-bond acceptors (Lipinski definition) is 1. The van der Waals surface area contributed by atoms with E-state index in [0.29, 0.717) is 5.92 Å². The number of rotatable bonds is 9. The average Bonchev–Trinajstić information content (AvgIpc) is 3.45. The second kappa shape index (κ2) is 19.2. The Kier molecular flexibility index (Phi) is 13.0. The third kappa shape index (κ3) is 9.74. The molecule has 4 aliphatic carbocycles. The molecule has 0 saturated heterocycles. The van der Waals surface area contributed by atoms with Gasteiger partial charge in [-0.2, -0.15) is 0 Å². The lowest BCUT2D eigenvalue weighted by Crippen LogP contribution is -2.06. The average molecular weight is 792 g/mol. The van der Waals surface area contributed by atoms with Crippen molar-refractivity contribution >= 4 is 22.8 Å². The van der Waals surface area contributed by atoms with Crippen molar-refractivity contribution in [3.05, 3.63) is 256 Å². The van der Waals surface area contributed by atoms with E-state index >= 15 is 0 Å². The fourth-order valence-electron chi connectivity index (χ4n) is 8.97. The molecule has 4 aromatic rings. The van der Waals surface area contributed by atoms with Crippen LogP contribution in [0.1, 0.15) is 97.0 Å². The molecule has 2 bridgehead atoms. The van der Waals surface area contributed by atoms with Crippen molar-refractivity contribution in [2.45, 2.75) is 65.7 Å². The summed E-state index contributed by atoms with van der Waals surface area (Å²) in [5, 5.41) is 0. The molecular formula is C60H57N. The van der Waals surface area contributed by atoms with Crippen molar-refractivity contribution in [3.63, 3.8) is 0 Å². The van der Waals surface area contributed by atoms with E-state index in [9.17, 15) is 0 Å². The molecule has 0 amide bonds. The van der Waals surface area contributed by atoms with Gasteiger partial charge in [-0.15, -0.1) is 0 Å². The van der Waals surface area contributed by atoms with Crippen LogP contribution < -0.4 is 0 Å². The van der Waals surface area contributed by atoms with Gasteiger partial charge in [-0.3, -0.25) is 4.98 Å². The van der Waals surface area contributed by atoms with Crippen molar-refractivity contribution in [3.8, 4) is 11.1 Å². The summed E-state index contributed by atoms with van der Waals surface area (Å²) in [5.41, 5.74) is 21.3. The molecule has 1 heteroatoms. The van der Waals surface area contributed by atoms with Crippen LogP contribution in [0.15, 0.2) is 211 Å². The molecule has 302 valence electrons. The Labute approximate surface area is 364 Å². The Morgan fingerprint density at radius 1 is 0.770 bits per heavy atom. The van der Waals surface area contributed by atoms with Crippen molar-refractivity contribution < 1.29 is 0 Å². The summed E-state index contributed by atoms with van der Waals surface area (Å²) in [6.45, 7) is 12.9. The lowest BCUT2D eigenvalue weighted by molar-refractivity contribution is 0.833. The van der Waals surface area contributed by atoms with Gasteiger partial charge in [0.25, 0.3) is 0 Å². The second-order valence-corrected chi connectivity index (χ2v) is 16.7. The van der Waals surface area contributed by atoms with E-state index in [-0.39, 0.29) is 5.92 Å². The Balaban J connectivity index is 1.23. The molecule has 1 aromatic heterocycles. The Bertz CT molecular complexity index is 2720. The van der Waals surface area contributed by atoms with Gasteiger partial charge in [-0.05, 0) is 165 Å². The molecule has 1 nitrogen and oxygen atoms in total. The van der Waals surface area contributed by atoms with Crippen LogP contribution in [0.5, 0.6) is 0 Å². The van der Waals surface area contributed by atoms with Gasteiger partial charge < -0.3 is 0 Å². The maximum Gasteiger partial charge on any atom is 0.0445 e. The topological polar surface area (TPSA) is 12.9 Å². The summed E-state index contributed by atoms with van der Waals surface area (Å²) < 4.78 is 0. The minimum atomic E-state index is 0.175. The minimum Gasteiger partial charge on any atom is -0.260 e. The number of nitrogens with zero attached hydrogens (tertiary/aromatic N) is 1. The van der Waals surface area contributed by atoms with Crippen molar-refractivity contribution in [1.82, 2.24) is 4.98 Å². The highest BCUT2D eigenvalue weighted by Gasteiger charge is 2.19. The van der Waals surface area contributed by atoms with Gasteiger partial charge in [0.15, 0.2) is 0 Å². The molecule has 61 heavy (non-hydrogen) atoms. The molecule has 2 unspecified atom stereocenters. The molecule has 2 atom stereocenters. The molecular weight excluding hydrogens is 735 g/mol. The number of aromatic nitrogens is 1. The molecule has 0 aliphatic heterocycles. The number of benzene rings is 3. The van der Waals surface area contributed by atoms with Crippen LogP contribution in [0, 0.1) is 12.8 Å². The summed E-state index contributed by atoms with van der Waals surface area (Å²) in [6, 6.07) is 27.6. The second-order valence-electron chi connectivity index (χ2n) is 16.7. The Morgan fingerprint density at radius 3 is 2.44 bits per heavy atom. The van der Waals surface area contributed by atoms with E-state index in [1.807, 2.05) is 25.3 Å². The van der Waals surface area contributed by atoms with Crippen LogP contribution in [0.3, 0.4) is 0 Å². The maximum atomic E-state index is 4.86. The summed E-state index contributed by atoms with van der Waals surface area (Å²) in [6.07, 6.45) is 47.2. The number of allylic oxidation sites excluding steroid dienone is 23. The summed E-state index contributed by atoms with van der Waals surface area (Å²) in [7, 11) is 0. The number of fused-ring (bicyclic) bond motifs is 5. The molecule has 1 heterocycles. The van der Waals surface area contributed by atoms with E-state index < -0.39 is 0 Å². The standard InChI is InChI=1S/C60H57N/c1-6-18-42(2)31-33-49-35-57(41-61-45(49)5)51-24-12-11-23-50(36-51)55-38-54(43(3)32-34-48-22-10-8-7-9-21-47-26-15-19-44(4)60(47)48)39-56(40-55)59-30-17-25-46-20-13-14-29-58(46)52-27-16-28-53(59)37-52/h6-16,18-20,23,26-41,43-44H,2,17,21-22,24-25H2,1,3-5H3/b9-7-,10-8-,18-6-,33-31-,34-32-,59-30+,60-48+. The van der Waals surface area contributed by atoms with E-state index in [4.69, 9.17) is 4.98 Å². The molecule has 0 N–H and O–H groups in total. The first-order valence-electron chi connectivity index (χ1n) is 22.0. The highest BCUT2D eigenvalue weighted by molar-refractivity contribution is 5.90. The third-order valence-corrected chi connectivity index (χ3v) is 12.3. The first-order chi connectivity index (χ1) is 29.8. The van der Waals surface area contributed by atoms with Gasteiger partial charge in [0, 0.05) is 11.9 Å². The number of hydrogen-bond donors (Lipinski definition) is 0. The zero-order chi connectivity index (χ0) is 42.1. The van der Waals surface area contributed by atoms with Crippen LogP contribution in [0.2, 0.25) is 0 Å². The molecule has 0 fully saturated rings. The summed E-state index contributed by atoms with van der Waals surface area (Å²) >= 11 is 0. The highest BCUT2D eigenvalue weighted by Crippen LogP contribution is 2.38. The Morgan fingerprint density at radius 2 is 1.56 bits per heavy atom. The van der Waals surface area contributed by atoms with Crippen LogP contribution in [-0.2, 0) is 6.42 Å². The molecule has 0 saturated carbocycles. The first-order valence-corrected chi connectivity index (χ1v) is 22.0. The molecule has 4 aliphatic rings. The molecule has 0 spiro atoms. The van der Waals surface area contributed by atoms with Gasteiger partial charge in [0.1, 0.15) is 0 Å². The highest BCUT2D eigenvalue weighted by atomic mass is 14.7. The zero-order valence-electron chi connectivity index (χ0n) is 36.2. The molecule has 0 radical (unpaired) electrons. The van der Waals surface area contributed by atoms with Gasteiger partial charge in [0.2, 0.25) is 0 Å². The van der Waals surface area contributed by atoms with E-state index in [1.165, 1.54) is 72.4 Å². The van der Waals surface area contributed by atoms with Crippen LogP contribution in [0.4, 0.5) is 0 Å². The normalized spacial score (nSPS) is 21.3. The predicted molar refractivity (Wildman–Crippen MR) is 264 cm³/mol. The fraction of sp³-hybridized carbons (Fsp3) is 0.183. The van der Waals surface area contributed by atoms with Gasteiger partial charge >= 0.3 is 0 Å². The largest absolute Gasteiger partial charge is 0.260 e. The smallest absolute Gasteiger partial charge is 0.0445 e. The van der Waals surface area contributed by atoms with Crippen LogP contribution in [-0.4, -0.2) is 4.98 Å². The van der Waals surface area contributed by atoms with Gasteiger partial charge in [-0.25, -0.2) is 0 Å².